The smallest absolute Gasteiger partial charge is 0.338 e. The average molecular weight is 804 g/mol. The highest BCUT2D eigenvalue weighted by molar-refractivity contribution is 6.43. The molecular weight excluding hydrogens is 767 g/mol. The number of anilines is 1. The summed E-state index contributed by atoms with van der Waals surface area (Å²) in [5.74, 6) is -0.0496. The van der Waals surface area contributed by atoms with Crippen molar-refractivity contribution in [3.63, 3.8) is 0 Å². The number of alkyl halides is 3. The van der Waals surface area contributed by atoms with Crippen LogP contribution in [-0.2, 0) is 17.4 Å². The summed E-state index contributed by atoms with van der Waals surface area (Å²) >= 11 is 13.1. The molecular formula is C41H36Cl2F4N8O. The van der Waals surface area contributed by atoms with Crippen molar-refractivity contribution in [2.45, 2.75) is 75.8 Å². The Kier molecular flexibility index (Phi) is 8.33. The van der Waals surface area contributed by atoms with Gasteiger partial charge in [-0.15, -0.1) is 0 Å². The van der Waals surface area contributed by atoms with Crippen LogP contribution in [0.1, 0.15) is 66.7 Å². The maximum atomic E-state index is 17.3. The minimum absolute atomic E-state index is 0.0489. The Bertz CT molecular complexity index is 2480. The highest BCUT2D eigenvalue weighted by Crippen LogP contribution is 2.54. The monoisotopic (exact) mass is 802 g/mol. The molecule has 56 heavy (non-hydrogen) atoms. The van der Waals surface area contributed by atoms with E-state index in [-0.39, 0.29) is 81.8 Å². The molecule has 4 bridgehead atoms. The molecule has 9 nitrogen and oxygen atoms in total. The van der Waals surface area contributed by atoms with Crippen LogP contribution in [0.5, 0.6) is 0 Å². The maximum absolute atomic E-state index is 17.3. The molecule has 4 aliphatic heterocycles. The zero-order chi connectivity index (χ0) is 38.8. The van der Waals surface area contributed by atoms with Crippen LogP contribution >= 0.6 is 23.2 Å². The fourth-order valence-electron chi connectivity index (χ4n) is 10.1. The van der Waals surface area contributed by atoms with Gasteiger partial charge in [-0.1, -0.05) is 35.3 Å². The number of piperidine rings is 1. The minimum atomic E-state index is -4.55. The number of nitriles is 1. The molecule has 4 saturated heterocycles. The number of carbonyl (C=O) groups excluding carboxylic acids is 1. The molecule has 6 atom stereocenters. The standard InChI is InChI=1S/C41H36Cl2F4N8O/c1-19-27-13-31(37-23-10-25(54(37)39(56)20-7-8-20)18-53(17-23)40-50-15-24(16-51-40)41(45,46)47)55(36-22-12-30(36)49-14-22)38(27)28-11-21(4-3-9-48)32(34(44)35(28)52-19)26-5-2-6-29(42)33(26)43/h2,5-6,11,13,15-16,20,22-23,25,30,36-37,49H,3-4,7-8,10,12,14,17-18H2,1H3/t22-,23+,25-,30-,36+,37-/m1/s1. The largest absolute Gasteiger partial charge is 0.419 e. The number of fused-ring (bicyclic) bond motifs is 6. The van der Waals surface area contributed by atoms with Crippen molar-refractivity contribution < 1.29 is 22.4 Å². The van der Waals surface area contributed by atoms with E-state index in [1.807, 2.05) is 22.8 Å². The highest BCUT2D eigenvalue weighted by atomic mass is 35.5. The number of hydrogen-bond acceptors (Lipinski definition) is 7. The SMILES string of the molecule is Cc1nc2c(F)c(-c3cccc(Cl)c3Cl)c(CCC#N)cc2c2c1cc([C@H]1[C@H]3C[C@H](CN(c4ncc(C(F)(F)F)cn4)C3)N1C(=O)C1CC1)n2[C@H]1[C@H]2CN[C@@H]1C2. The van der Waals surface area contributed by atoms with Gasteiger partial charge in [-0.3, -0.25) is 4.79 Å². The van der Waals surface area contributed by atoms with Crippen molar-refractivity contribution in [3.05, 3.63) is 81.1 Å². The lowest BCUT2D eigenvalue weighted by atomic mass is 9.79. The Morgan fingerprint density at radius 2 is 1.86 bits per heavy atom. The summed E-state index contributed by atoms with van der Waals surface area (Å²) < 4.78 is 59.9. The van der Waals surface area contributed by atoms with Crippen LogP contribution in [0.3, 0.4) is 0 Å². The Morgan fingerprint density at radius 1 is 1.07 bits per heavy atom. The third-order valence-electron chi connectivity index (χ3n) is 12.8. The van der Waals surface area contributed by atoms with Crippen molar-refractivity contribution in [2.24, 2.45) is 17.8 Å². The van der Waals surface area contributed by atoms with Gasteiger partial charge in [0.1, 0.15) is 5.52 Å². The number of pyridine rings is 1. The first-order valence-electron chi connectivity index (χ1n) is 19.1. The van der Waals surface area contributed by atoms with Crippen molar-refractivity contribution in [1.82, 2.24) is 29.7 Å². The Hall–Kier alpha value is -4.51. The molecule has 11 rings (SSSR count). The Morgan fingerprint density at radius 3 is 2.54 bits per heavy atom. The van der Waals surface area contributed by atoms with E-state index in [4.69, 9.17) is 28.2 Å². The summed E-state index contributed by atoms with van der Waals surface area (Å²) in [6.07, 6.45) is 0.890. The highest BCUT2D eigenvalue weighted by Gasteiger charge is 2.55. The number of nitrogens with zero attached hydrogens (tertiary/aromatic N) is 7. The lowest BCUT2D eigenvalue weighted by molar-refractivity contribution is -0.138. The molecule has 2 saturated carbocycles. The number of halogens is 6. The fourth-order valence-corrected chi connectivity index (χ4v) is 10.5. The van der Waals surface area contributed by atoms with Crippen LogP contribution in [0.25, 0.3) is 32.9 Å². The van der Waals surface area contributed by atoms with Gasteiger partial charge in [-0.2, -0.15) is 18.4 Å². The van der Waals surface area contributed by atoms with Gasteiger partial charge in [-0.25, -0.2) is 19.3 Å². The molecule has 6 fully saturated rings. The van der Waals surface area contributed by atoms with Gasteiger partial charge in [0, 0.05) is 89.6 Å². The van der Waals surface area contributed by atoms with E-state index in [0.29, 0.717) is 41.2 Å². The number of hydrogen-bond donors (Lipinski definition) is 1. The molecule has 288 valence electrons. The predicted octanol–water partition coefficient (Wildman–Crippen LogP) is 8.60. The van der Waals surface area contributed by atoms with Gasteiger partial charge in [0.25, 0.3) is 0 Å². The molecule has 1 N–H and O–H groups in total. The molecule has 7 heterocycles. The van der Waals surface area contributed by atoms with Gasteiger partial charge in [0.2, 0.25) is 11.9 Å². The number of carbonyl (C=O) groups is 1. The zero-order valence-corrected chi connectivity index (χ0v) is 31.8. The van der Waals surface area contributed by atoms with Crippen LogP contribution in [0.15, 0.2) is 42.7 Å². The number of amides is 1. The molecule has 3 aromatic heterocycles. The number of aryl methyl sites for hydroxylation is 2. The topological polar surface area (TPSA) is 103 Å². The summed E-state index contributed by atoms with van der Waals surface area (Å²) in [7, 11) is 0. The summed E-state index contributed by atoms with van der Waals surface area (Å²) in [4.78, 5) is 31.5. The van der Waals surface area contributed by atoms with Gasteiger partial charge in [0.05, 0.1) is 45.3 Å². The Labute approximate surface area is 329 Å². The van der Waals surface area contributed by atoms with Crippen molar-refractivity contribution in [3.8, 4) is 17.2 Å². The first kappa shape index (κ1) is 35.9. The van der Waals surface area contributed by atoms with Gasteiger partial charge >= 0.3 is 6.18 Å². The maximum Gasteiger partial charge on any atom is 0.419 e. The molecule has 0 spiro atoms. The first-order valence-corrected chi connectivity index (χ1v) is 19.9. The average Bonchev–Trinajstić information content (AvgIpc) is 3.46. The molecule has 6 aliphatic rings. The molecule has 0 unspecified atom stereocenters. The summed E-state index contributed by atoms with van der Waals surface area (Å²) in [6.45, 7) is 3.57. The number of benzene rings is 2. The number of aromatic nitrogens is 4. The van der Waals surface area contributed by atoms with Crippen molar-refractivity contribution in [2.75, 3.05) is 24.5 Å². The zero-order valence-electron chi connectivity index (χ0n) is 30.3. The normalized spacial score (nSPS) is 25.6. The third-order valence-corrected chi connectivity index (χ3v) is 13.6. The van der Waals surface area contributed by atoms with Gasteiger partial charge in [-0.05, 0) is 68.7 Å². The lowest BCUT2D eigenvalue weighted by Gasteiger charge is -2.40. The van der Waals surface area contributed by atoms with Crippen LogP contribution in [0, 0.1) is 41.8 Å². The predicted molar refractivity (Wildman–Crippen MR) is 204 cm³/mol. The second-order valence-corrected chi connectivity index (χ2v) is 16.9. The minimum Gasteiger partial charge on any atom is -0.338 e. The lowest BCUT2D eigenvalue weighted by Crippen LogP contribution is -2.45. The van der Waals surface area contributed by atoms with E-state index in [0.717, 1.165) is 61.2 Å². The molecule has 2 aromatic carbocycles. The number of nitrogens with one attached hydrogen (secondary N) is 1. The van der Waals surface area contributed by atoms with E-state index in [1.54, 1.807) is 18.2 Å². The fraction of sp³-hybridized carbons (Fsp3) is 0.439. The first-order chi connectivity index (χ1) is 26.9. The summed E-state index contributed by atoms with van der Waals surface area (Å²) in [5.41, 5.74) is 3.03. The van der Waals surface area contributed by atoms with Crippen LogP contribution in [0.4, 0.5) is 23.5 Å². The van der Waals surface area contributed by atoms with Crippen LogP contribution < -0.4 is 10.2 Å². The Balaban J connectivity index is 1.18. The van der Waals surface area contributed by atoms with E-state index >= 15 is 4.39 Å². The quantitative estimate of drug-likeness (QED) is 0.165. The van der Waals surface area contributed by atoms with Gasteiger partial charge < -0.3 is 19.7 Å². The van der Waals surface area contributed by atoms with E-state index in [2.05, 4.69) is 32.0 Å². The molecule has 2 aliphatic carbocycles. The van der Waals surface area contributed by atoms with Crippen LogP contribution in [-0.4, -0.2) is 62.0 Å². The molecule has 1 amide bonds. The third kappa shape index (κ3) is 5.50. The van der Waals surface area contributed by atoms with E-state index in [1.165, 1.54) is 0 Å². The second-order valence-electron chi connectivity index (χ2n) is 16.1. The molecule has 15 heteroatoms. The molecule has 0 radical (unpaired) electrons. The summed E-state index contributed by atoms with van der Waals surface area (Å²) in [6, 6.07) is 11.1. The van der Waals surface area contributed by atoms with Crippen molar-refractivity contribution >= 4 is 56.9 Å². The van der Waals surface area contributed by atoms with Crippen molar-refractivity contribution in [1.29, 1.82) is 5.26 Å². The number of likely N-dealkylation sites (tertiary alicyclic amines) is 1. The number of rotatable bonds is 7. The van der Waals surface area contributed by atoms with Gasteiger partial charge in [0.15, 0.2) is 5.82 Å². The van der Waals surface area contributed by atoms with Crippen LogP contribution in [0.2, 0.25) is 10.0 Å². The molecule has 5 aromatic rings. The van der Waals surface area contributed by atoms with E-state index < -0.39 is 17.6 Å². The van der Waals surface area contributed by atoms with E-state index in [9.17, 15) is 23.2 Å². The summed E-state index contributed by atoms with van der Waals surface area (Å²) in [5, 5.41) is 15.3. The second kappa shape index (κ2) is 13.0.